The number of aromatic hydroxyl groups is 1. The molecule has 1 atom stereocenters. The number of phenols is 1. The quantitative estimate of drug-likeness (QED) is 0.809. The van der Waals surface area contributed by atoms with Crippen LogP contribution in [0, 0.1) is 5.92 Å². The van der Waals surface area contributed by atoms with Crippen molar-refractivity contribution in [2.45, 2.75) is 51.1 Å². The maximum atomic E-state index is 9.57. The van der Waals surface area contributed by atoms with Gasteiger partial charge < -0.3 is 10.2 Å². The van der Waals surface area contributed by atoms with E-state index in [-0.39, 0.29) is 12.4 Å². The Labute approximate surface area is 156 Å². The molecule has 3 rings (SSSR count). The summed E-state index contributed by atoms with van der Waals surface area (Å²) in [6, 6.07) is 5.90. The fourth-order valence-corrected chi connectivity index (χ4v) is 4.58. The van der Waals surface area contributed by atoms with E-state index in [0.717, 1.165) is 44.1 Å². The second-order valence-corrected chi connectivity index (χ2v) is 8.09. The van der Waals surface area contributed by atoms with Gasteiger partial charge in [-0.3, -0.25) is 9.80 Å². The number of benzene rings is 1. The van der Waals surface area contributed by atoms with Crippen LogP contribution in [0.4, 0.5) is 0 Å². The number of aliphatic hydroxyl groups excluding tert-OH is 1. The summed E-state index contributed by atoms with van der Waals surface area (Å²) in [4.78, 5) is 5.06. The van der Waals surface area contributed by atoms with Gasteiger partial charge in [-0.25, -0.2) is 0 Å². The summed E-state index contributed by atoms with van der Waals surface area (Å²) in [6.07, 6.45) is 7.77. The molecule has 0 bridgehead atoms. The number of hydrogen-bond donors (Lipinski definition) is 2. The van der Waals surface area contributed by atoms with Crippen molar-refractivity contribution in [1.82, 2.24) is 9.80 Å². The standard InChI is InChI=1S/C20H31ClN2O2/c21-19-12-17(6-7-20(19)25)13-22-9-10-23(18(15-22)8-11-24)14-16-4-2-1-3-5-16/h6-7,12,16,18,24-25H,1-5,8-11,13-15H2/t18-/m0/s1. The topological polar surface area (TPSA) is 46.9 Å². The molecule has 0 radical (unpaired) electrons. The van der Waals surface area contributed by atoms with Gasteiger partial charge in [0.1, 0.15) is 5.75 Å². The molecule has 1 aliphatic carbocycles. The molecule has 1 aromatic rings. The van der Waals surface area contributed by atoms with Crippen molar-refractivity contribution in [2.75, 3.05) is 32.8 Å². The molecule has 1 aliphatic heterocycles. The van der Waals surface area contributed by atoms with E-state index in [0.29, 0.717) is 11.1 Å². The number of phenolic OH excluding ortho intramolecular Hbond substituents is 1. The first-order valence-electron chi connectivity index (χ1n) is 9.70. The first kappa shape index (κ1) is 19.0. The molecule has 1 heterocycles. The Morgan fingerprint density at radius 2 is 1.92 bits per heavy atom. The van der Waals surface area contributed by atoms with Gasteiger partial charge in [0.2, 0.25) is 0 Å². The largest absolute Gasteiger partial charge is 0.506 e. The van der Waals surface area contributed by atoms with Crippen LogP contribution in [0.2, 0.25) is 5.02 Å². The molecule has 1 aromatic carbocycles. The van der Waals surface area contributed by atoms with Crippen molar-refractivity contribution in [1.29, 1.82) is 0 Å². The van der Waals surface area contributed by atoms with Gasteiger partial charge in [-0.1, -0.05) is 36.9 Å². The summed E-state index contributed by atoms with van der Waals surface area (Å²) in [5.41, 5.74) is 1.13. The van der Waals surface area contributed by atoms with Gasteiger partial charge in [0.05, 0.1) is 5.02 Å². The Balaban J connectivity index is 1.57. The molecule has 0 amide bonds. The predicted octanol–water partition coefficient (Wildman–Crippen LogP) is 3.49. The third kappa shape index (κ3) is 5.33. The van der Waals surface area contributed by atoms with Gasteiger partial charge in [-0.15, -0.1) is 0 Å². The second-order valence-electron chi connectivity index (χ2n) is 7.69. The van der Waals surface area contributed by atoms with Gasteiger partial charge in [0.15, 0.2) is 0 Å². The maximum Gasteiger partial charge on any atom is 0.134 e. The van der Waals surface area contributed by atoms with Crippen LogP contribution in [0.3, 0.4) is 0 Å². The zero-order chi connectivity index (χ0) is 17.6. The summed E-state index contributed by atoms with van der Waals surface area (Å²) >= 11 is 6.03. The zero-order valence-corrected chi connectivity index (χ0v) is 15.8. The Hall–Kier alpha value is -0.810. The molecule has 140 valence electrons. The maximum absolute atomic E-state index is 9.57. The first-order valence-corrected chi connectivity index (χ1v) is 10.1. The number of hydrogen-bond acceptors (Lipinski definition) is 4. The van der Waals surface area contributed by atoms with Crippen molar-refractivity contribution in [2.24, 2.45) is 5.92 Å². The minimum Gasteiger partial charge on any atom is -0.506 e. The van der Waals surface area contributed by atoms with Crippen molar-refractivity contribution in [3.63, 3.8) is 0 Å². The van der Waals surface area contributed by atoms with Crippen LogP contribution in [-0.4, -0.2) is 58.8 Å². The first-order chi connectivity index (χ1) is 12.2. The highest BCUT2D eigenvalue weighted by molar-refractivity contribution is 6.32. The third-order valence-electron chi connectivity index (χ3n) is 5.79. The van der Waals surface area contributed by atoms with E-state index in [2.05, 4.69) is 9.80 Å². The lowest BCUT2D eigenvalue weighted by molar-refractivity contribution is 0.0400. The van der Waals surface area contributed by atoms with E-state index in [1.807, 2.05) is 12.1 Å². The van der Waals surface area contributed by atoms with Crippen LogP contribution >= 0.6 is 11.6 Å². The zero-order valence-electron chi connectivity index (χ0n) is 15.0. The van der Waals surface area contributed by atoms with Crippen molar-refractivity contribution in [3.05, 3.63) is 28.8 Å². The molecule has 4 nitrogen and oxygen atoms in total. The number of aliphatic hydroxyl groups is 1. The Morgan fingerprint density at radius 3 is 2.64 bits per heavy atom. The third-order valence-corrected chi connectivity index (χ3v) is 6.09. The Morgan fingerprint density at radius 1 is 1.12 bits per heavy atom. The molecule has 2 N–H and O–H groups in total. The molecular weight excluding hydrogens is 336 g/mol. The van der Waals surface area contributed by atoms with Crippen molar-refractivity contribution in [3.8, 4) is 5.75 Å². The smallest absolute Gasteiger partial charge is 0.134 e. The lowest BCUT2D eigenvalue weighted by Gasteiger charge is -2.43. The highest BCUT2D eigenvalue weighted by Gasteiger charge is 2.28. The van der Waals surface area contributed by atoms with Crippen LogP contribution in [0.25, 0.3) is 0 Å². The minimum absolute atomic E-state index is 0.140. The van der Waals surface area contributed by atoms with Crippen LogP contribution in [-0.2, 0) is 6.54 Å². The average molecular weight is 367 g/mol. The highest BCUT2D eigenvalue weighted by Crippen LogP contribution is 2.27. The normalized spacial score (nSPS) is 23.8. The lowest BCUT2D eigenvalue weighted by atomic mass is 9.88. The van der Waals surface area contributed by atoms with E-state index in [1.165, 1.54) is 38.6 Å². The number of halogens is 1. The summed E-state index contributed by atoms with van der Waals surface area (Å²) in [5, 5.41) is 19.5. The second kappa shape index (κ2) is 9.22. The van der Waals surface area contributed by atoms with Crippen LogP contribution in [0.15, 0.2) is 18.2 Å². The molecular formula is C20H31ClN2O2. The fourth-order valence-electron chi connectivity index (χ4n) is 4.37. The molecule has 25 heavy (non-hydrogen) atoms. The van der Waals surface area contributed by atoms with Crippen molar-refractivity contribution >= 4 is 11.6 Å². The number of rotatable bonds is 6. The van der Waals surface area contributed by atoms with E-state index < -0.39 is 0 Å². The molecule has 2 aliphatic rings. The molecule has 0 aromatic heterocycles. The summed E-state index contributed by atoms with van der Waals surface area (Å²) in [5.74, 6) is 0.985. The molecule has 1 saturated heterocycles. The molecule has 2 fully saturated rings. The van der Waals surface area contributed by atoms with Gasteiger partial charge in [0, 0.05) is 45.4 Å². The summed E-state index contributed by atoms with van der Waals surface area (Å²) in [7, 11) is 0. The lowest BCUT2D eigenvalue weighted by Crippen LogP contribution is -2.54. The van der Waals surface area contributed by atoms with Gasteiger partial charge in [-0.05, 0) is 42.9 Å². The van der Waals surface area contributed by atoms with Crippen LogP contribution < -0.4 is 0 Å². The average Bonchev–Trinajstić information content (AvgIpc) is 2.62. The monoisotopic (exact) mass is 366 g/mol. The molecule has 5 heteroatoms. The summed E-state index contributed by atoms with van der Waals surface area (Å²) < 4.78 is 0. The van der Waals surface area contributed by atoms with Crippen LogP contribution in [0.5, 0.6) is 5.75 Å². The SMILES string of the molecule is OCC[C@H]1CN(Cc2ccc(O)c(Cl)c2)CCN1CC1CCCCC1. The van der Waals surface area contributed by atoms with Crippen LogP contribution in [0.1, 0.15) is 44.1 Å². The van der Waals surface area contributed by atoms with E-state index in [1.54, 1.807) is 6.07 Å². The Bertz CT molecular complexity index is 548. The minimum atomic E-state index is 0.140. The van der Waals surface area contributed by atoms with Gasteiger partial charge in [-0.2, -0.15) is 0 Å². The van der Waals surface area contributed by atoms with Crippen molar-refractivity contribution < 1.29 is 10.2 Å². The van der Waals surface area contributed by atoms with E-state index >= 15 is 0 Å². The fraction of sp³-hybridized carbons (Fsp3) is 0.700. The van der Waals surface area contributed by atoms with E-state index in [9.17, 15) is 10.2 Å². The number of nitrogens with zero attached hydrogens (tertiary/aromatic N) is 2. The van der Waals surface area contributed by atoms with E-state index in [4.69, 9.17) is 11.6 Å². The molecule has 1 saturated carbocycles. The molecule has 0 spiro atoms. The highest BCUT2D eigenvalue weighted by atomic mass is 35.5. The Kier molecular flexibility index (Phi) is 7.00. The number of piperazine rings is 1. The molecule has 0 unspecified atom stereocenters. The van der Waals surface area contributed by atoms with Gasteiger partial charge in [0.25, 0.3) is 0 Å². The summed E-state index contributed by atoms with van der Waals surface area (Å²) in [6.45, 7) is 5.42. The predicted molar refractivity (Wildman–Crippen MR) is 102 cm³/mol. The van der Waals surface area contributed by atoms with Gasteiger partial charge >= 0.3 is 0 Å².